The number of hydrogen-bond acceptors (Lipinski definition) is 2. The molecule has 1 N–H and O–H groups in total. The quantitative estimate of drug-likeness (QED) is 0.849. The second kappa shape index (κ2) is 5.00. The van der Waals surface area contributed by atoms with Crippen molar-refractivity contribution < 1.29 is 0 Å². The summed E-state index contributed by atoms with van der Waals surface area (Å²) in [5.74, 6) is 1.39. The van der Waals surface area contributed by atoms with Gasteiger partial charge in [-0.3, -0.25) is 4.68 Å². The molecule has 1 aliphatic rings. The van der Waals surface area contributed by atoms with Crippen LogP contribution in [0, 0.1) is 12.8 Å². The summed E-state index contributed by atoms with van der Waals surface area (Å²) < 4.78 is 2.17. The second-order valence-corrected chi connectivity index (χ2v) is 5.29. The predicted molar refractivity (Wildman–Crippen MR) is 66.6 cm³/mol. The van der Waals surface area contributed by atoms with Gasteiger partial charge in [0, 0.05) is 12.2 Å². The monoisotopic (exact) mass is 221 g/mol. The van der Waals surface area contributed by atoms with Crippen LogP contribution in [0.3, 0.4) is 0 Å². The Hall–Kier alpha value is -0.830. The lowest BCUT2D eigenvalue weighted by Gasteiger charge is -2.22. The number of piperidine rings is 1. The van der Waals surface area contributed by atoms with Crippen LogP contribution in [0.25, 0.3) is 0 Å². The Morgan fingerprint density at radius 1 is 1.44 bits per heavy atom. The SMILES string of the molecule is Cc1c(C2CCNCC2)cnn1CC(C)C. The highest BCUT2D eigenvalue weighted by atomic mass is 15.3. The first kappa shape index (κ1) is 11.6. The van der Waals surface area contributed by atoms with Crippen molar-refractivity contribution >= 4 is 0 Å². The molecule has 0 unspecified atom stereocenters. The summed E-state index contributed by atoms with van der Waals surface area (Å²) in [5.41, 5.74) is 2.85. The van der Waals surface area contributed by atoms with Gasteiger partial charge in [0.1, 0.15) is 0 Å². The largest absolute Gasteiger partial charge is 0.317 e. The molecular weight excluding hydrogens is 198 g/mol. The average molecular weight is 221 g/mol. The van der Waals surface area contributed by atoms with Gasteiger partial charge in [-0.25, -0.2) is 0 Å². The standard InChI is InChI=1S/C13H23N3/c1-10(2)9-16-11(3)13(8-15-16)12-4-6-14-7-5-12/h8,10,12,14H,4-7,9H2,1-3H3. The minimum atomic E-state index is 0.666. The molecule has 3 heteroatoms. The highest BCUT2D eigenvalue weighted by molar-refractivity contribution is 5.22. The first-order valence-electron chi connectivity index (χ1n) is 6.41. The van der Waals surface area contributed by atoms with Crippen LogP contribution < -0.4 is 5.32 Å². The average Bonchev–Trinajstić information content (AvgIpc) is 2.61. The maximum Gasteiger partial charge on any atom is 0.0527 e. The minimum absolute atomic E-state index is 0.666. The van der Waals surface area contributed by atoms with Crippen molar-refractivity contribution in [1.82, 2.24) is 15.1 Å². The fraction of sp³-hybridized carbons (Fsp3) is 0.769. The third-order valence-electron chi connectivity index (χ3n) is 3.46. The molecule has 16 heavy (non-hydrogen) atoms. The zero-order chi connectivity index (χ0) is 11.5. The molecule has 1 saturated heterocycles. The lowest BCUT2D eigenvalue weighted by molar-refractivity contribution is 0.452. The van der Waals surface area contributed by atoms with Gasteiger partial charge in [-0.15, -0.1) is 0 Å². The Balaban J connectivity index is 2.12. The van der Waals surface area contributed by atoms with E-state index < -0.39 is 0 Å². The van der Waals surface area contributed by atoms with E-state index in [4.69, 9.17) is 0 Å². The van der Waals surface area contributed by atoms with Crippen LogP contribution >= 0.6 is 0 Å². The molecule has 2 heterocycles. The Labute approximate surface area is 98.2 Å². The van der Waals surface area contributed by atoms with E-state index in [9.17, 15) is 0 Å². The fourth-order valence-corrected chi connectivity index (χ4v) is 2.52. The molecule has 1 fully saturated rings. The molecule has 0 saturated carbocycles. The molecular formula is C13H23N3. The smallest absolute Gasteiger partial charge is 0.0527 e. The topological polar surface area (TPSA) is 29.9 Å². The van der Waals surface area contributed by atoms with Crippen molar-refractivity contribution in [1.29, 1.82) is 0 Å². The lowest BCUT2D eigenvalue weighted by atomic mass is 9.91. The van der Waals surface area contributed by atoms with Gasteiger partial charge >= 0.3 is 0 Å². The molecule has 0 amide bonds. The van der Waals surface area contributed by atoms with E-state index in [-0.39, 0.29) is 0 Å². The van der Waals surface area contributed by atoms with E-state index in [0.717, 1.165) is 25.6 Å². The summed E-state index contributed by atoms with van der Waals surface area (Å²) >= 11 is 0. The van der Waals surface area contributed by atoms with Gasteiger partial charge in [0.25, 0.3) is 0 Å². The zero-order valence-electron chi connectivity index (χ0n) is 10.7. The number of nitrogens with zero attached hydrogens (tertiary/aromatic N) is 2. The normalized spacial score (nSPS) is 18.2. The Bertz CT molecular complexity index is 335. The number of hydrogen-bond donors (Lipinski definition) is 1. The van der Waals surface area contributed by atoms with E-state index in [1.165, 1.54) is 24.1 Å². The van der Waals surface area contributed by atoms with Crippen molar-refractivity contribution in [3.63, 3.8) is 0 Å². The molecule has 1 aliphatic heterocycles. The van der Waals surface area contributed by atoms with Crippen molar-refractivity contribution in [3.8, 4) is 0 Å². The number of aromatic nitrogens is 2. The van der Waals surface area contributed by atoms with E-state index in [2.05, 4.69) is 42.1 Å². The lowest BCUT2D eigenvalue weighted by Crippen LogP contribution is -2.26. The Kier molecular flexibility index (Phi) is 3.64. The minimum Gasteiger partial charge on any atom is -0.317 e. The maximum absolute atomic E-state index is 4.53. The number of nitrogens with one attached hydrogen (secondary N) is 1. The summed E-state index contributed by atoms with van der Waals surface area (Å²) in [5, 5.41) is 7.94. The first-order chi connectivity index (χ1) is 7.68. The summed E-state index contributed by atoms with van der Waals surface area (Å²) in [4.78, 5) is 0. The second-order valence-electron chi connectivity index (χ2n) is 5.29. The van der Waals surface area contributed by atoms with E-state index in [1.54, 1.807) is 0 Å². The van der Waals surface area contributed by atoms with Gasteiger partial charge in [-0.1, -0.05) is 13.8 Å². The van der Waals surface area contributed by atoms with Crippen LogP contribution in [0.5, 0.6) is 0 Å². The van der Waals surface area contributed by atoms with Crippen LogP contribution in [-0.2, 0) is 6.54 Å². The molecule has 2 rings (SSSR count). The van der Waals surface area contributed by atoms with Crippen LogP contribution in [0.15, 0.2) is 6.20 Å². The highest BCUT2D eigenvalue weighted by Crippen LogP contribution is 2.27. The first-order valence-corrected chi connectivity index (χ1v) is 6.41. The molecule has 0 aliphatic carbocycles. The van der Waals surface area contributed by atoms with Crippen LogP contribution in [0.4, 0.5) is 0 Å². The summed E-state index contributed by atoms with van der Waals surface area (Å²) in [6.07, 6.45) is 4.61. The zero-order valence-corrected chi connectivity index (χ0v) is 10.7. The van der Waals surface area contributed by atoms with Crippen molar-refractivity contribution in [2.45, 2.75) is 46.1 Å². The highest BCUT2D eigenvalue weighted by Gasteiger charge is 2.19. The molecule has 0 atom stereocenters. The van der Waals surface area contributed by atoms with Gasteiger partial charge in [0.05, 0.1) is 6.20 Å². The van der Waals surface area contributed by atoms with Crippen molar-refractivity contribution in [3.05, 3.63) is 17.5 Å². The molecule has 0 spiro atoms. The van der Waals surface area contributed by atoms with Crippen LogP contribution in [0.2, 0.25) is 0 Å². The summed E-state index contributed by atoms with van der Waals surface area (Å²) in [7, 11) is 0. The molecule has 0 bridgehead atoms. The molecule has 0 aromatic carbocycles. The molecule has 0 radical (unpaired) electrons. The predicted octanol–water partition coefficient (Wildman–Crippen LogP) is 2.31. The van der Waals surface area contributed by atoms with Crippen LogP contribution in [-0.4, -0.2) is 22.9 Å². The Morgan fingerprint density at radius 3 is 2.75 bits per heavy atom. The molecule has 1 aromatic heterocycles. The van der Waals surface area contributed by atoms with E-state index >= 15 is 0 Å². The van der Waals surface area contributed by atoms with Crippen LogP contribution in [0.1, 0.15) is 43.9 Å². The fourth-order valence-electron chi connectivity index (χ4n) is 2.52. The van der Waals surface area contributed by atoms with Crippen molar-refractivity contribution in [2.75, 3.05) is 13.1 Å². The number of rotatable bonds is 3. The molecule has 90 valence electrons. The Morgan fingerprint density at radius 2 is 2.12 bits per heavy atom. The third kappa shape index (κ3) is 2.46. The maximum atomic E-state index is 4.53. The van der Waals surface area contributed by atoms with E-state index in [0.29, 0.717) is 5.92 Å². The van der Waals surface area contributed by atoms with Crippen molar-refractivity contribution in [2.24, 2.45) is 5.92 Å². The van der Waals surface area contributed by atoms with Gasteiger partial charge < -0.3 is 5.32 Å². The van der Waals surface area contributed by atoms with Gasteiger partial charge in [-0.2, -0.15) is 5.10 Å². The molecule has 3 nitrogen and oxygen atoms in total. The summed E-state index contributed by atoms with van der Waals surface area (Å²) in [6.45, 7) is 10.0. The third-order valence-corrected chi connectivity index (χ3v) is 3.46. The van der Waals surface area contributed by atoms with Gasteiger partial charge in [0.15, 0.2) is 0 Å². The summed E-state index contributed by atoms with van der Waals surface area (Å²) in [6, 6.07) is 0. The molecule has 1 aromatic rings. The van der Waals surface area contributed by atoms with E-state index in [1.807, 2.05) is 0 Å². The van der Waals surface area contributed by atoms with Gasteiger partial charge in [0.2, 0.25) is 0 Å². The van der Waals surface area contributed by atoms with Gasteiger partial charge in [-0.05, 0) is 50.3 Å².